The molecule has 0 saturated heterocycles. The van der Waals surface area contributed by atoms with Crippen LogP contribution < -0.4 is 0 Å². The third-order valence-electron chi connectivity index (χ3n) is 2.47. The number of rotatable bonds is 4. The third kappa shape index (κ3) is 2.41. The summed E-state index contributed by atoms with van der Waals surface area (Å²) < 4.78 is 1.16. The molecule has 1 aromatic heterocycles. The smallest absolute Gasteiger partial charge is 0.123 e. The molecule has 1 fully saturated rings. The van der Waals surface area contributed by atoms with Crippen molar-refractivity contribution in [3.8, 4) is 0 Å². The molecule has 0 spiro atoms. The molecule has 1 heterocycles. The highest BCUT2D eigenvalue weighted by Crippen LogP contribution is 2.38. The van der Waals surface area contributed by atoms with Crippen LogP contribution >= 0.6 is 27.3 Å². The fourth-order valence-corrected chi connectivity index (χ4v) is 3.10. The molecule has 1 atom stereocenters. The lowest BCUT2D eigenvalue weighted by atomic mass is 10.0. The van der Waals surface area contributed by atoms with Gasteiger partial charge in [0.15, 0.2) is 0 Å². The van der Waals surface area contributed by atoms with E-state index in [0.717, 1.165) is 16.5 Å². The van der Waals surface area contributed by atoms with Crippen molar-refractivity contribution in [2.75, 3.05) is 0 Å². The van der Waals surface area contributed by atoms with Crippen molar-refractivity contribution in [3.63, 3.8) is 0 Å². The van der Waals surface area contributed by atoms with Gasteiger partial charge in [-0.15, -0.1) is 11.3 Å². The molecule has 0 amide bonds. The van der Waals surface area contributed by atoms with Gasteiger partial charge in [-0.25, -0.2) is 0 Å². The summed E-state index contributed by atoms with van der Waals surface area (Å²) in [5.41, 5.74) is 0. The summed E-state index contributed by atoms with van der Waals surface area (Å²) in [6, 6.07) is 4.16. The number of carbonyl (C=O) groups excluding carboxylic acids is 1. The average Bonchev–Trinajstić information content (AvgIpc) is 2.87. The Kier molecular flexibility index (Phi) is 2.84. The normalized spacial score (nSPS) is 18.5. The lowest BCUT2D eigenvalue weighted by Crippen LogP contribution is -2.07. The van der Waals surface area contributed by atoms with Crippen LogP contribution in [-0.4, -0.2) is 6.29 Å². The van der Waals surface area contributed by atoms with Gasteiger partial charge in [-0.2, -0.15) is 0 Å². The maximum atomic E-state index is 10.8. The van der Waals surface area contributed by atoms with Crippen LogP contribution in [0.1, 0.15) is 17.7 Å². The van der Waals surface area contributed by atoms with E-state index in [0.29, 0.717) is 5.92 Å². The molecule has 0 aliphatic heterocycles. The Morgan fingerprint density at radius 1 is 1.62 bits per heavy atom. The van der Waals surface area contributed by atoms with Crippen molar-refractivity contribution in [2.24, 2.45) is 11.8 Å². The molecule has 1 nitrogen and oxygen atoms in total. The standard InChI is InChI=1S/C10H11BrOS/c11-10-4-3-9(13-10)5-8(6-12)7-1-2-7/h3-4,6-8H,1-2,5H2. The first kappa shape index (κ1) is 9.41. The second kappa shape index (κ2) is 3.93. The minimum absolute atomic E-state index is 0.269. The summed E-state index contributed by atoms with van der Waals surface area (Å²) >= 11 is 5.16. The number of hydrogen-bond donors (Lipinski definition) is 0. The summed E-state index contributed by atoms with van der Waals surface area (Å²) in [5.74, 6) is 0.948. The molecule has 1 aromatic rings. The summed E-state index contributed by atoms with van der Waals surface area (Å²) in [4.78, 5) is 12.1. The van der Waals surface area contributed by atoms with E-state index < -0.39 is 0 Å². The van der Waals surface area contributed by atoms with E-state index in [2.05, 4.69) is 28.1 Å². The fraction of sp³-hybridized carbons (Fsp3) is 0.500. The maximum Gasteiger partial charge on any atom is 0.123 e. The highest BCUT2D eigenvalue weighted by molar-refractivity contribution is 9.11. The summed E-state index contributed by atoms with van der Waals surface area (Å²) in [6.45, 7) is 0. The second-order valence-corrected chi connectivity index (χ2v) is 6.09. The van der Waals surface area contributed by atoms with E-state index in [-0.39, 0.29) is 5.92 Å². The molecule has 2 rings (SSSR count). The molecule has 0 N–H and O–H groups in total. The number of thiophene rings is 1. The van der Waals surface area contributed by atoms with Gasteiger partial charge in [0.25, 0.3) is 0 Å². The average molecular weight is 259 g/mol. The van der Waals surface area contributed by atoms with Gasteiger partial charge in [-0.3, -0.25) is 0 Å². The SMILES string of the molecule is O=CC(Cc1ccc(Br)s1)C1CC1. The van der Waals surface area contributed by atoms with Gasteiger partial charge in [0.2, 0.25) is 0 Å². The van der Waals surface area contributed by atoms with E-state index >= 15 is 0 Å². The van der Waals surface area contributed by atoms with Crippen molar-refractivity contribution in [1.29, 1.82) is 0 Å². The first-order valence-corrected chi connectivity index (χ1v) is 6.10. The lowest BCUT2D eigenvalue weighted by Gasteiger charge is -2.05. The molecule has 3 heteroatoms. The van der Waals surface area contributed by atoms with Crippen LogP contribution in [0, 0.1) is 11.8 Å². The number of aldehydes is 1. The van der Waals surface area contributed by atoms with Gasteiger partial charge in [0.1, 0.15) is 6.29 Å². The molecule has 13 heavy (non-hydrogen) atoms. The van der Waals surface area contributed by atoms with Gasteiger partial charge < -0.3 is 4.79 Å². The molecule has 0 radical (unpaired) electrons. The first-order valence-electron chi connectivity index (χ1n) is 4.49. The third-order valence-corrected chi connectivity index (χ3v) is 4.11. The van der Waals surface area contributed by atoms with Crippen LogP contribution in [-0.2, 0) is 11.2 Å². The fourth-order valence-electron chi connectivity index (χ4n) is 1.54. The molecule has 1 unspecified atom stereocenters. The van der Waals surface area contributed by atoms with Crippen LogP contribution in [0.15, 0.2) is 15.9 Å². The maximum absolute atomic E-state index is 10.8. The van der Waals surface area contributed by atoms with Gasteiger partial charge in [0, 0.05) is 10.8 Å². The zero-order valence-electron chi connectivity index (χ0n) is 7.20. The van der Waals surface area contributed by atoms with Gasteiger partial charge in [-0.05, 0) is 53.2 Å². The van der Waals surface area contributed by atoms with E-state index in [1.54, 1.807) is 11.3 Å². The number of hydrogen-bond acceptors (Lipinski definition) is 2. The predicted molar refractivity (Wildman–Crippen MR) is 58.0 cm³/mol. The van der Waals surface area contributed by atoms with Crippen LogP contribution in [0.2, 0.25) is 0 Å². The van der Waals surface area contributed by atoms with Crippen molar-refractivity contribution in [1.82, 2.24) is 0 Å². The summed E-state index contributed by atoms with van der Waals surface area (Å²) in [7, 11) is 0. The summed E-state index contributed by atoms with van der Waals surface area (Å²) in [5, 5.41) is 0. The molecular weight excluding hydrogens is 248 g/mol. The minimum atomic E-state index is 0.269. The molecule has 0 bridgehead atoms. The van der Waals surface area contributed by atoms with Crippen LogP contribution in [0.3, 0.4) is 0 Å². The van der Waals surface area contributed by atoms with Crippen LogP contribution in [0.25, 0.3) is 0 Å². The van der Waals surface area contributed by atoms with Crippen molar-refractivity contribution in [2.45, 2.75) is 19.3 Å². The predicted octanol–water partition coefficient (Wildman–Crippen LogP) is 3.28. The molecule has 1 saturated carbocycles. The Bertz CT molecular complexity index is 304. The largest absolute Gasteiger partial charge is 0.303 e. The molecule has 70 valence electrons. The zero-order chi connectivity index (χ0) is 9.26. The van der Waals surface area contributed by atoms with Gasteiger partial charge in [0.05, 0.1) is 3.79 Å². The first-order chi connectivity index (χ1) is 6.29. The Labute approximate surface area is 90.3 Å². The molecular formula is C10H11BrOS. The second-order valence-electron chi connectivity index (χ2n) is 3.55. The number of halogens is 1. The molecule has 1 aliphatic carbocycles. The Morgan fingerprint density at radius 2 is 2.38 bits per heavy atom. The Balaban J connectivity index is 1.98. The number of carbonyl (C=O) groups is 1. The van der Waals surface area contributed by atoms with E-state index in [9.17, 15) is 4.79 Å². The van der Waals surface area contributed by atoms with Gasteiger partial charge in [-0.1, -0.05) is 0 Å². The van der Waals surface area contributed by atoms with Gasteiger partial charge >= 0.3 is 0 Å². The summed E-state index contributed by atoms with van der Waals surface area (Å²) in [6.07, 6.45) is 4.56. The Morgan fingerprint density at radius 3 is 2.85 bits per heavy atom. The van der Waals surface area contributed by atoms with Crippen molar-refractivity contribution in [3.05, 3.63) is 20.8 Å². The zero-order valence-corrected chi connectivity index (χ0v) is 9.61. The monoisotopic (exact) mass is 258 g/mol. The highest BCUT2D eigenvalue weighted by Gasteiger charge is 2.30. The topological polar surface area (TPSA) is 17.1 Å². The van der Waals surface area contributed by atoms with E-state index in [1.807, 2.05) is 0 Å². The van der Waals surface area contributed by atoms with Crippen LogP contribution in [0.4, 0.5) is 0 Å². The quantitative estimate of drug-likeness (QED) is 0.758. The minimum Gasteiger partial charge on any atom is -0.303 e. The lowest BCUT2D eigenvalue weighted by molar-refractivity contribution is -0.111. The van der Waals surface area contributed by atoms with E-state index in [1.165, 1.54) is 17.7 Å². The van der Waals surface area contributed by atoms with Crippen molar-refractivity contribution < 1.29 is 4.79 Å². The highest BCUT2D eigenvalue weighted by atomic mass is 79.9. The molecule has 0 aromatic carbocycles. The van der Waals surface area contributed by atoms with Crippen molar-refractivity contribution >= 4 is 33.6 Å². The Hall–Kier alpha value is -0.150. The molecule has 1 aliphatic rings. The van der Waals surface area contributed by atoms with Crippen LogP contribution in [0.5, 0.6) is 0 Å². The van der Waals surface area contributed by atoms with E-state index in [4.69, 9.17) is 0 Å².